The number of hydrogen-bond acceptors (Lipinski definition) is 2. The fraction of sp³-hybridized carbons (Fsp3) is 0.133. The number of nitrogens with one attached hydrogen (secondary N) is 2. The molecule has 0 unspecified atom stereocenters. The molecule has 5 heteroatoms. The topological polar surface area (TPSA) is 41.1 Å². The molecule has 0 bridgehead atoms. The van der Waals surface area contributed by atoms with Crippen LogP contribution in [-0.2, 0) is 4.79 Å². The highest BCUT2D eigenvalue weighted by molar-refractivity contribution is 6.35. The molecule has 0 saturated carbocycles. The zero-order valence-corrected chi connectivity index (χ0v) is 12.4. The van der Waals surface area contributed by atoms with E-state index in [2.05, 4.69) is 10.6 Å². The Balaban J connectivity index is 1.94. The van der Waals surface area contributed by atoms with Gasteiger partial charge in [0.1, 0.15) is 0 Å². The summed E-state index contributed by atoms with van der Waals surface area (Å²) in [5.41, 5.74) is 2.50. The van der Waals surface area contributed by atoms with Crippen LogP contribution >= 0.6 is 23.2 Å². The van der Waals surface area contributed by atoms with Crippen molar-refractivity contribution in [2.75, 3.05) is 17.2 Å². The molecule has 0 aliphatic heterocycles. The molecule has 20 heavy (non-hydrogen) atoms. The van der Waals surface area contributed by atoms with E-state index in [-0.39, 0.29) is 12.5 Å². The van der Waals surface area contributed by atoms with E-state index in [1.807, 2.05) is 31.2 Å². The Morgan fingerprint density at radius 2 is 1.95 bits per heavy atom. The lowest BCUT2D eigenvalue weighted by atomic mass is 10.2. The van der Waals surface area contributed by atoms with Gasteiger partial charge < -0.3 is 10.6 Å². The van der Waals surface area contributed by atoms with E-state index in [0.717, 1.165) is 11.3 Å². The van der Waals surface area contributed by atoms with E-state index in [1.54, 1.807) is 18.2 Å². The number of amides is 1. The molecule has 1 amide bonds. The van der Waals surface area contributed by atoms with Crippen LogP contribution in [0.15, 0.2) is 42.5 Å². The molecular weight excluding hydrogens is 295 g/mol. The number of rotatable bonds is 4. The minimum atomic E-state index is -0.147. The van der Waals surface area contributed by atoms with Crippen molar-refractivity contribution in [1.82, 2.24) is 0 Å². The van der Waals surface area contributed by atoms with Crippen molar-refractivity contribution >= 4 is 40.5 Å². The summed E-state index contributed by atoms with van der Waals surface area (Å²) in [7, 11) is 0. The molecule has 2 rings (SSSR count). The first-order valence-corrected chi connectivity index (χ1v) is 6.85. The van der Waals surface area contributed by atoms with Gasteiger partial charge in [0.25, 0.3) is 0 Å². The van der Waals surface area contributed by atoms with E-state index in [0.29, 0.717) is 15.7 Å². The smallest absolute Gasteiger partial charge is 0.243 e. The number of anilines is 2. The maximum absolute atomic E-state index is 11.8. The van der Waals surface area contributed by atoms with Crippen LogP contribution in [0, 0.1) is 6.92 Å². The minimum absolute atomic E-state index is 0.119. The number of carbonyl (C=O) groups excluding carboxylic acids is 1. The van der Waals surface area contributed by atoms with Gasteiger partial charge in [-0.1, -0.05) is 35.3 Å². The predicted molar refractivity (Wildman–Crippen MR) is 84.8 cm³/mol. The highest BCUT2D eigenvalue weighted by Gasteiger charge is 2.05. The summed E-state index contributed by atoms with van der Waals surface area (Å²) in [6.45, 7) is 2.09. The molecule has 0 fully saturated rings. The van der Waals surface area contributed by atoms with E-state index >= 15 is 0 Å². The van der Waals surface area contributed by atoms with Crippen LogP contribution < -0.4 is 10.6 Å². The van der Waals surface area contributed by atoms with Gasteiger partial charge in [0.15, 0.2) is 0 Å². The van der Waals surface area contributed by atoms with Gasteiger partial charge in [0, 0.05) is 10.7 Å². The third kappa shape index (κ3) is 4.15. The Bertz CT molecular complexity index is 629. The van der Waals surface area contributed by atoms with Gasteiger partial charge in [-0.05, 0) is 42.8 Å². The third-order valence-corrected chi connectivity index (χ3v) is 3.23. The molecule has 0 heterocycles. The van der Waals surface area contributed by atoms with Gasteiger partial charge >= 0.3 is 0 Å². The van der Waals surface area contributed by atoms with E-state index in [4.69, 9.17) is 23.2 Å². The van der Waals surface area contributed by atoms with Crippen molar-refractivity contribution in [2.24, 2.45) is 0 Å². The van der Waals surface area contributed by atoms with Crippen molar-refractivity contribution in [3.05, 3.63) is 58.1 Å². The Labute approximate surface area is 127 Å². The highest BCUT2D eigenvalue weighted by Crippen LogP contribution is 2.25. The first kappa shape index (κ1) is 14.7. The molecule has 0 aromatic heterocycles. The quantitative estimate of drug-likeness (QED) is 0.881. The summed E-state index contributed by atoms with van der Waals surface area (Å²) >= 11 is 11.9. The molecule has 0 radical (unpaired) electrons. The van der Waals surface area contributed by atoms with Crippen LogP contribution in [0.25, 0.3) is 0 Å². The van der Waals surface area contributed by atoms with Crippen molar-refractivity contribution in [1.29, 1.82) is 0 Å². The van der Waals surface area contributed by atoms with Crippen molar-refractivity contribution < 1.29 is 4.79 Å². The normalized spacial score (nSPS) is 10.2. The Morgan fingerprint density at radius 3 is 2.70 bits per heavy atom. The zero-order valence-electron chi connectivity index (χ0n) is 10.9. The van der Waals surface area contributed by atoms with Gasteiger partial charge in [0.2, 0.25) is 5.91 Å². The van der Waals surface area contributed by atoms with Crippen LogP contribution in [0.4, 0.5) is 11.4 Å². The van der Waals surface area contributed by atoms with Gasteiger partial charge in [-0.2, -0.15) is 0 Å². The average molecular weight is 309 g/mol. The fourth-order valence-electron chi connectivity index (χ4n) is 1.74. The first-order valence-electron chi connectivity index (χ1n) is 6.10. The standard InChI is InChI=1S/C15H14Cl2N2O/c1-10-3-2-4-12(7-10)19-15(20)9-18-14-8-11(16)5-6-13(14)17/h2-8,18H,9H2,1H3,(H,19,20). The van der Waals surface area contributed by atoms with Gasteiger partial charge in [-0.15, -0.1) is 0 Å². The number of hydrogen-bond donors (Lipinski definition) is 2. The second-order valence-corrected chi connectivity index (χ2v) is 5.24. The minimum Gasteiger partial charge on any atom is -0.375 e. The molecule has 0 atom stereocenters. The largest absolute Gasteiger partial charge is 0.375 e. The summed E-state index contributed by atoms with van der Waals surface area (Å²) in [5.74, 6) is -0.147. The Kier molecular flexibility index (Phi) is 4.88. The third-order valence-electron chi connectivity index (χ3n) is 2.67. The SMILES string of the molecule is Cc1cccc(NC(=O)CNc2cc(Cl)ccc2Cl)c1. The van der Waals surface area contributed by atoms with Crippen LogP contribution in [0.3, 0.4) is 0 Å². The number of benzene rings is 2. The first-order chi connectivity index (χ1) is 9.54. The van der Waals surface area contributed by atoms with Crippen LogP contribution in [0.1, 0.15) is 5.56 Å². The number of aryl methyl sites for hydroxylation is 1. The Hall–Kier alpha value is -1.71. The molecule has 3 nitrogen and oxygen atoms in total. The Morgan fingerprint density at radius 1 is 1.15 bits per heavy atom. The predicted octanol–water partition coefficient (Wildman–Crippen LogP) is 4.35. The van der Waals surface area contributed by atoms with E-state index in [9.17, 15) is 4.79 Å². The lowest BCUT2D eigenvalue weighted by Crippen LogP contribution is -2.21. The zero-order chi connectivity index (χ0) is 14.5. The molecule has 104 valence electrons. The number of carbonyl (C=O) groups is 1. The van der Waals surface area contributed by atoms with Crippen molar-refractivity contribution in [2.45, 2.75) is 6.92 Å². The highest BCUT2D eigenvalue weighted by atomic mass is 35.5. The summed E-state index contributed by atoms with van der Waals surface area (Å²) in [6, 6.07) is 12.7. The van der Waals surface area contributed by atoms with Crippen molar-refractivity contribution in [3.63, 3.8) is 0 Å². The maximum atomic E-state index is 11.8. The van der Waals surface area contributed by atoms with E-state index in [1.165, 1.54) is 0 Å². The fourth-order valence-corrected chi connectivity index (χ4v) is 2.09. The van der Waals surface area contributed by atoms with Gasteiger partial charge in [-0.25, -0.2) is 0 Å². The van der Waals surface area contributed by atoms with Gasteiger partial charge in [0.05, 0.1) is 17.3 Å². The molecule has 0 aliphatic rings. The molecule has 2 aromatic carbocycles. The molecule has 0 aliphatic carbocycles. The summed E-state index contributed by atoms with van der Waals surface area (Å²) < 4.78 is 0. The lowest BCUT2D eigenvalue weighted by Gasteiger charge is -2.10. The van der Waals surface area contributed by atoms with Crippen LogP contribution in [0.2, 0.25) is 10.0 Å². The van der Waals surface area contributed by atoms with Crippen molar-refractivity contribution in [3.8, 4) is 0 Å². The van der Waals surface area contributed by atoms with Crippen LogP contribution in [0.5, 0.6) is 0 Å². The summed E-state index contributed by atoms with van der Waals surface area (Å²) in [5, 5.41) is 6.86. The molecule has 0 spiro atoms. The number of halogens is 2. The molecule has 2 aromatic rings. The lowest BCUT2D eigenvalue weighted by molar-refractivity contribution is -0.114. The molecule has 2 N–H and O–H groups in total. The monoisotopic (exact) mass is 308 g/mol. The molecule has 0 saturated heterocycles. The molecular formula is C15H14Cl2N2O. The second-order valence-electron chi connectivity index (χ2n) is 4.40. The van der Waals surface area contributed by atoms with E-state index < -0.39 is 0 Å². The second kappa shape index (κ2) is 6.64. The maximum Gasteiger partial charge on any atom is 0.243 e. The van der Waals surface area contributed by atoms with Gasteiger partial charge in [-0.3, -0.25) is 4.79 Å². The van der Waals surface area contributed by atoms with Crippen LogP contribution in [-0.4, -0.2) is 12.5 Å². The summed E-state index contributed by atoms with van der Waals surface area (Å²) in [6.07, 6.45) is 0. The summed E-state index contributed by atoms with van der Waals surface area (Å²) in [4.78, 5) is 11.8. The average Bonchev–Trinajstić information content (AvgIpc) is 2.40.